The molecule has 0 saturated heterocycles. The number of carbonyl (C=O) groups excluding carboxylic acids is 2. The van der Waals surface area contributed by atoms with Crippen LogP contribution in [0.1, 0.15) is 67.7 Å². The minimum absolute atomic E-state index is 0.0855. The predicted octanol–water partition coefficient (Wildman–Crippen LogP) is 6.30. The third-order valence-corrected chi connectivity index (χ3v) is 12.9. The maximum Gasteiger partial charge on any atom is 0.270 e. The number of rotatable bonds is 4. The molecule has 3 aliphatic rings. The van der Waals surface area contributed by atoms with Crippen LogP contribution in [0, 0.1) is 18.3 Å². The van der Waals surface area contributed by atoms with E-state index in [-0.39, 0.29) is 34.5 Å². The van der Waals surface area contributed by atoms with Gasteiger partial charge in [-0.05, 0) is 110 Å². The van der Waals surface area contributed by atoms with E-state index in [1.165, 1.54) is 17.0 Å². The summed E-state index contributed by atoms with van der Waals surface area (Å²) in [5.41, 5.74) is 1.04. The molecule has 2 amide bonds. The second-order valence-electron chi connectivity index (χ2n) is 15.1. The molecule has 2 heterocycles. The van der Waals surface area contributed by atoms with Gasteiger partial charge >= 0.3 is 0 Å². The molecule has 1 saturated carbocycles. The fourth-order valence-electron chi connectivity index (χ4n) is 7.82. The number of methoxy groups -OCH3 is 1. The molecule has 3 aromatic rings. The maximum atomic E-state index is 14.2. The van der Waals surface area contributed by atoms with Crippen molar-refractivity contribution < 1.29 is 32.6 Å². The molecular formula is C41H50ClN3O7S. The molecule has 4 atom stereocenters. The van der Waals surface area contributed by atoms with E-state index >= 15 is 0 Å². The number of aryl methyl sites for hydroxylation is 2. The van der Waals surface area contributed by atoms with Gasteiger partial charge in [-0.15, -0.1) is 0 Å². The zero-order chi connectivity index (χ0) is 38.0. The molecule has 1 aliphatic carbocycles. The van der Waals surface area contributed by atoms with Crippen molar-refractivity contribution in [2.24, 2.45) is 11.3 Å². The topological polar surface area (TPSA) is 125 Å². The van der Waals surface area contributed by atoms with Gasteiger partial charge in [0.05, 0.1) is 23.1 Å². The number of benzene rings is 3. The predicted molar refractivity (Wildman–Crippen MR) is 205 cm³/mol. The Morgan fingerprint density at radius 2 is 1.83 bits per heavy atom. The lowest BCUT2D eigenvalue weighted by molar-refractivity contribution is -0.148. The van der Waals surface area contributed by atoms with E-state index in [0.29, 0.717) is 42.5 Å². The number of hydrogen-bond acceptors (Lipinski definition) is 8. The summed E-state index contributed by atoms with van der Waals surface area (Å²) in [6.45, 7) is 6.00. The normalized spacial score (nSPS) is 25.6. The molecule has 0 aromatic heterocycles. The highest BCUT2D eigenvalue weighted by molar-refractivity contribution is 7.90. The van der Waals surface area contributed by atoms with E-state index in [2.05, 4.69) is 22.6 Å². The minimum Gasteiger partial charge on any atom is -0.487 e. The molecule has 1 unspecified atom stereocenters. The van der Waals surface area contributed by atoms with Crippen LogP contribution in [-0.4, -0.2) is 70.1 Å². The smallest absolute Gasteiger partial charge is 0.270 e. The molecule has 1 fully saturated rings. The summed E-state index contributed by atoms with van der Waals surface area (Å²) in [4.78, 5) is 31.5. The number of sulfonamides is 1. The molecule has 2 bridgehead atoms. The first-order valence-corrected chi connectivity index (χ1v) is 20.2. The first kappa shape index (κ1) is 38.8. The average Bonchev–Trinajstić information content (AvgIpc) is 3.15. The summed E-state index contributed by atoms with van der Waals surface area (Å²) < 4.78 is 41.6. The standard InChI is InChI=1S/C41H50ClN3O7S/c1-28-11-16-33(17-12-28)53(49,50)43-39(47)41(48)25-38(46)44(3)21-7-6-10-36(51-4)34-19-20-40(34,2)27-45-22-8-5-9-29-23-32(42)15-13-30(29)26-52-37-18-14-31(41)24-35(37)45/h6,10-18,23-24,34,36,48H,5,7-9,19-22,25-27H2,1-4H3,(H,43,47)/t34-,36-,40?,41+/m0/s1. The minimum atomic E-state index is -4.40. The highest BCUT2D eigenvalue weighted by Crippen LogP contribution is 2.51. The molecule has 12 heteroatoms. The molecule has 2 aliphatic heterocycles. The Morgan fingerprint density at radius 1 is 1.06 bits per heavy atom. The first-order valence-electron chi connectivity index (χ1n) is 18.3. The van der Waals surface area contributed by atoms with Crippen LogP contribution < -0.4 is 14.4 Å². The van der Waals surface area contributed by atoms with E-state index in [0.717, 1.165) is 48.8 Å². The molecule has 53 heavy (non-hydrogen) atoms. The summed E-state index contributed by atoms with van der Waals surface area (Å²) in [6.07, 6.45) is 8.40. The highest BCUT2D eigenvalue weighted by Gasteiger charge is 2.48. The zero-order valence-electron chi connectivity index (χ0n) is 30.9. The molecular weight excluding hydrogens is 714 g/mol. The van der Waals surface area contributed by atoms with Gasteiger partial charge < -0.3 is 24.4 Å². The zero-order valence-corrected chi connectivity index (χ0v) is 32.5. The lowest BCUT2D eigenvalue weighted by Crippen LogP contribution is -2.52. The number of amides is 2. The molecule has 284 valence electrons. The Kier molecular flexibility index (Phi) is 11.6. The van der Waals surface area contributed by atoms with Crippen LogP contribution in [0.5, 0.6) is 5.75 Å². The molecule has 0 radical (unpaired) electrons. The van der Waals surface area contributed by atoms with Gasteiger partial charge in [-0.1, -0.05) is 60.5 Å². The van der Waals surface area contributed by atoms with E-state index in [9.17, 15) is 23.1 Å². The van der Waals surface area contributed by atoms with Gasteiger partial charge in [0, 0.05) is 38.8 Å². The van der Waals surface area contributed by atoms with E-state index in [1.54, 1.807) is 44.5 Å². The number of ether oxygens (including phenoxy) is 2. The summed E-state index contributed by atoms with van der Waals surface area (Å²) in [7, 11) is -1.06. The number of nitrogens with zero attached hydrogens (tertiary/aromatic N) is 2. The lowest BCUT2D eigenvalue weighted by Gasteiger charge is -2.52. The van der Waals surface area contributed by atoms with Crippen LogP contribution in [-0.2, 0) is 43.0 Å². The SMILES string of the molecule is CO[C@H]1C=CCCN(C)C(=O)C[C@](O)(C(=O)NS(=O)(=O)c2ccc(C)cc2)c2ccc3c(c2)N(CCCCc2cc(Cl)ccc2CO3)CC2(C)CC[C@@H]12. The van der Waals surface area contributed by atoms with Crippen molar-refractivity contribution in [3.05, 3.63) is 100 Å². The highest BCUT2D eigenvalue weighted by atomic mass is 35.5. The van der Waals surface area contributed by atoms with Crippen molar-refractivity contribution in [2.45, 2.75) is 82.0 Å². The van der Waals surface area contributed by atoms with Gasteiger partial charge in [0.25, 0.3) is 15.9 Å². The van der Waals surface area contributed by atoms with Crippen LogP contribution in [0.25, 0.3) is 0 Å². The molecule has 10 nitrogen and oxygen atoms in total. The maximum absolute atomic E-state index is 14.2. The van der Waals surface area contributed by atoms with Crippen LogP contribution >= 0.6 is 11.6 Å². The number of nitrogens with one attached hydrogen (secondary N) is 1. The number of hydrogen-bond donors (Lipinski definition) is 2. The van der Waals surface area contributed by atoms with Crippen molar-refractivity contribution in [1.29, 1.82) is 0 Å². The van der Waals surface area contributed by atoms with Crippen molar-refractivity contribution in [3.8, 4) is 5.75 Å². The van der Waals surface area contributed by atoms with Crippen molar-refractivity contribution in [1.82, 2.24) is 9.62 Å². The monoisotopic (exact) mass is 763 g/mol. The summed E-state index contributed by atoms with van der Waals surface area (Å²) in [6, 6.07) is 16.8. The fourth-order valence-corrected chi connectivity index (χ4v) is 9.04. The van der Waals surface area contributed by atoms with E-state index < -0.39 is 33.9 Å². The van der Waals surface area contributed by atoms with Crippen molar-refractivity contribution in [3.63, 3.8) is 0 Å². The average molecular weight is 764 g/mol. The lowest BCUT2D eigenvalue weighted by atomic mass is 9.58. The molecule has 0 spiro atoms. The van der Waals surface area contributed by atoms with Gasteiger partial charge in [0.1, 0.15) is 12.4 Å². The Labute approximate surface area is 318 Å². The number of carbonyl (C=O) groups is 2. The van der Waals surface area contributed by atoms with Crippen LogP contribution in [0.4, 0.5) is 5.69 Å². The summed E-state index contributed by atoms with van der Waals surface area (Å²) >= 11 is 6.39. The van der Waals surface area contributed by atoms with Gasteiger partial charge in [-0.3, -0.25) is 9.59 Å². The second-order valence-corrected chi connectivity index (χ2v) is 17.2. The van der Waals surface area contributed by atoms with Crippen LogP contribution in [0.2, 0.25) is 5.02 Å². The largest absolute Gasteiger partial charge is 0.487 e. The number of halogens is 1. The second kappa shape index (κ2) is 15.8. The molecule has 6 rings (SSSR count). The van der Waals surface area contributed by atoms with Crippen molar-refractivity contribution in [2.75, 3.05) is 38.7 Å². The summed E-state index contributed by atoms with van der Waals surface area (Å²) in [5, 5.41) is 13.1. The van der Waals surface area contributed by atoms with Crippen LogP contribution in [0.3, 0.4) is 0 Å². The van der Waals surface area contributed by atoms with Gasteiger partial charge in [0.2, 0.25) is 5.91 Å². The summed E-state index contributed by atoms with van der Waals surface area (Å²) in [5.74, 6) is -0.961. The number of aliphatic hydroxyl groups is 1. The molecule has 3 aromatic carbocycles. The van der Waals surface area contributed by atoms with Gasteiger partial charge in [-0.25, -0.2) is 13.1 Å². The third-order valence-electron chi connectivity index (χ3n) is 11.3. The van der Waals surface area contributed by atoms with Gasteiger partial charge in [-0.2, -0.15) is 0 Å². The first-order chi connectivity index (χ1) is 25.2. The Hall–Kier alpha value is -3.90. The van der Waals surface area contributed by atoms with E-state index in [4.69, 9.17) is 21.1 Å². The van der Waals surface area contributed by atoms with Crippen molar-refractivity contribution >= 4 is 39.1 Å². The molecule has 2 N–H and O–H groups in total. The Morgan fingerprint density at radius 3 is 2.55 bits per heavy atom. The quantitative estimate of drug-likeness (QED) is 0.297. The third kappa shape index (κ3) is 8.43. The Balaban J connectivity index is 1.47. The van der Waals surface area contributed by atoms with Crippen LogP contribution in [0.15, 0.2) is 77.7 Å². The number of fused-ring (bicyclic) bond motifs is 3. The Bertz CT molecular complexity index is 1970. The van der Waals surface area contributed by atoms with E-state index in [1.807, 2.05) is 31.2 Å². The van der Waals surface area contributed by atoms with Gasteiger partial charge in [0.15, 0.2) is 5.60 Å². The fraction of sp³-hybridized carbons (Fsp3) is 0.463. The number of anilines is 1.